The highest BCUT2D eigenvalue weighted by Crippen LogP contribution is 2.27. The minimum absolute atomic E-state index is 0.168. The molecule has 0 bridgehead atoms. The number of halogens is 2. The number of hydrogen-bond donors (Lipinski definition) is 1. The summed E-state index contributed by atoms with van der Waals surface area (Å²) in [4.78, 5) is 17.9. The third kappa shape index (κ3) is 4.51. The molecule has 1 aromatic carbocycles. The molecule has 0 aliphatic carbocycles. The van der Waals surface area contributed by atoms with Gasteiger partial charge in [0.2, 0.25) is 0 Å². The van der Waals surface area contributed by atoms with E-state index in [0.29, 0.717) is 21.6 Å². The molecule has 0 saturated carbocycles. The highest BCUT2D eigenvalue weighted by molar-refractivity contribution is 6.35. The first-order valence-electron chi connectivity index (χ1n) is 6.47. The number of nitrogens with one attached hydrogen (secondary N) is 1. The predicted molar refractivity (Wildman–Crippen MR) is 89.2 cm³/mol. The summed E-state index contributed by atoms with van der Waals surface area (Å²) < 4.78 is 5.35. The molecule has 0 unspecified atom stereocenters. The number of aromatic nitrogens is 1. The number of rotatable bonds is 5. The lowest BCUT2D eigenvalue weighted by Gasteiger charge is -2.12. The first kappa shape index (κ1) is 16.4. The van der Waals surface area contributed by atoms with E-state index in [-0.39, 0.29) is 12.5 Å². The molecule has 0 aliphatic heterocycles. The fraction of sp³-hybridized carbons (Fsp3) is 0.200. The molecule has 0 atom stereocenters. The van der Waals surface area contributed by atoms with Crippen LogP contribution in [0.15, 0.2) is 36.5 Å². The van der Waals surface area contributed by atoms with Gasteiger partial charge in [-0.25, -0.2) is 4.98 Å². The second kappa shape index (κ2) is 7.33. The minimum atomic E-state index is -0.323. The van der Waals surface area contributed by atoms with Crippen LogP contribution in [0.4, 0.5) is 11.5 Å². The maximum atomic E-state index is 11.8. The summed E-state index contributed by atoms with van der Waals surface area (Å²) >= 11 is 11.8. The Bertz CT molecular complexity index is 660. The Balaban J connectivity index is 1.90. The van der Waals surface area contributed by atoms with Crippen molar-refractivity contribution in [2.24, 2.45) is 0 Å². The van der Waals surface area contributed by atoms with Crippen molar-refractivity contribution in [3.05, 3.63) is 46.6 Å². The fourth-order valence-electron chi connectivity index (χ4n) is 1.64. The third-order valence-corrected chi connectivity index (χ3v) is 3.31. The zero-order valence-electron chi connectivity index (χ0n) is 12.1. The smallest absolute Gasteiger partial charge is 0.263 e. The molecule has 0 saturated heterocycles. The molecule has 116 valence electrons. The van der Waals surface area contributed by atoms with Crippen molar-refractivity contribution < 1.29 is 9.53 Å². The van der Waals surface area contributed by atoms with E-state index in [9.17, 15) is 4.79 Å². The molecule has 2 aromatic rings. The summed E-state index contributed by atoms with van der Waals surface area (Å²) in [5.41, 5.74) is 0.946. The SMILES string of the molecule is CN(C)c1ccc(NC(=O)COc2ccc(Cl)cc2Cl)nc1. The molecule has 1 N–H and O–H groups in total. The normalized spacial score (nSPS) is 10.2. The van der Waals surface area contributed by atoms with Crippen LogP contribution >= 0.6 is 23.2 Å². The lowest BCUT2D eigenvalue weighted by atomic mass is 10.3. The average Bonchev–Trinajstić information content (AvgIpc) is 2.47. The van der Waals surface area contributed by atoms with Gasteiger partial charge in [-0.05, 0) is 30.3 Å². The van der Waals surface area contributed by atoms with Crippen LogP contribution in [0, 0.1) is 0 Å². The standard InChI is InChI=1S/C15H15Cl2N3O2/c1-20(2)11-4-6-14(18-8-11)19-15(21)9-22-13-5-3-10(16)7-12(13)17/h3-8H,9H2,1-2H3,(H,18,19,21). The quantitative estimate of drug-likeness (QED) is 0.906. The molecular weight excluding hydrogens is 325 g/mol. The van der Waals surface area contributed by atoms with Gasteiger partial charge in [0.25, 0.3) is 5.91 Å². The van der Waals surface area contributed by atoms with E-state index in [4.69, 9.17) is 27.9 Å². The van der Waals surface area contributed by atoms with Crippen molar-refractivity contribution in [1.82, 2.24) is 4.98 Å². The van der Waals surface area contributed by atoms with Crippen LogP contribution in [0.25, 0.3) is 0 Å². The zero-order chi connectivity index (χ0) is 16.1. The van der Waals surface area contributed by atoms with E-state index in [1.807, 2.05) is 25.1 Å². The number of nitrogens with zero attached hydrogens (tertiary/aromatic N) is 2. The fourth-order valence-corrected chi connectivity index (χ4v) is 2.10. The Morgan fingerprint density at radius 2 is 2.05 bits per heavy atom. The van der Waals surface area contributed by atoms with Crippen molar-refractivity contribution >= 4 is 40.6 Å². The number of amides is 1. The number of benzene rings is 1. The van der Waals surface area contributed by atoms with E-state index in [2.05, 4.69) is 10.3 Å². The largest absolute Gasteiger partial charge is 0.482 e. The van der Waals surface area contributed by atoms with Gasteiger partial charge in [0.15, 0.2) is 6.61 Å². The first-order chi connectivity index (χ1) is 10.5. The maximum absolute atomic E-state index is 11.8. The Morgan fingerprint density at radius 1 is 1.27 bits per heavy atom. The number of pyridine rings is 1. The van der Waals surface area contributed by atoms with E-state index in [1.54, 1.807) is 30.5 Å². The van der Waals surface area contributed by atoms with Gasteiger partial charge in [-0.3, -0.25) is 4.79 Å². The van der Waals surface area contributed by atoms with Gasteiger partial charge < -0.3 is 15.0 Å². The van der Waals surface area contributed by atoms with Crippen molar-refractivity contribution in [3.8, 4) is 5.75 Å². The summed E-state index contributed by atoms with van der Waals surface area (Å²) in [6.07, 6.45) is 1.67. The summed E-state index contributed by atoms with van der Waals surface area (Å²) in [6, 6.07) is 8.39. The molecule has 22 heavy (non-hydrogen) atoms. The lowest BCUT2D eigenvalue weighted by molar-refractivity contribution is -0.118. The minimum Gasteiger partial charge on any atom is -0.482 e. The number of carbonyl (C=O) groups excluding carboxylic acids is 1. The van der Waals surface area contributed by atoms with Gasteiger partial charge in [0.05, 0.1) is 16.9 Å². The molecule has 0 aliphatic rings. The molecule has 5 nitrogen and oxygen atoms in total. The second-order valence-corrected chi connectivity index (χ2v) is 5.55. The van der Waals surface area contributed by atoms with E-state index in [1.165, 1.54) is 0 Å². The molecular formula is C15H15Cl2N3O2. The van der Waals surface area contributed by atoms with E-state index >= 15 is 0 Å². The van der Waals surface area contributed by atoms with E-state index < -0.39 is 0 Å². The highest BCUT2D eigenvalue weighted by atomic mass is 35.5. The van der Waals surface area contributed by atoms with Crippen LogP contribution < -0.4 is 15.0 Å². The molecule has 1 heterocycles. The topological polar surface area (TPSA) is 54.5 Å². The first-order valence-corrected chi connectivity index (χ1v) is 7.22. The van der Waals surface area contributed by atoms with Crippen molar-refractivity contribution in [2.45, 2.75) is 0 Å². The van der Waals surface area contributed by atoms with Crippen LogP contribution in [-0.2, 0) is 4.79 Å². The molecule has 0 radical (unpaired) electrons. The Hall–Kier alpha value is -1.98. The summed E-state index contributed by atoms with van der Waals surface area (Å²) in [5, 5.41) is 3.51. The van der Waals surface area contributed by atoms with Crippen LogP contribution in [0.1, 0.15) is 0 Å². The van der Waals surface area contributed by atoms with Gasteiger partial charge in [0.1, 0.15) is 11.6 Å². The number of carbonyl (C=O) groups is 1. The Morgan fingerprint density at radius 3 is 2.64 bits per heavy atom. The number of hydrogen-bond acceptors (Lipinski definition) is 4. The molecule has 0 fully saturated rings. The zero-order valence-corrected chi connectivity index (χ0v) is 13.6. The lowest BCUT2D eigenvalue weighted by Crippen LogP contribution is -2.21. The summed E-state index contributed by atoms with van der Waals surface area (Å²) in [6.45, 7) is -0.168. The average molecular weight is 340 g/mol. The maximum Gasteiger partial charge on any atom is 0.263 e. The highest BCUT2D eigenvalue weighted by Gasteiger charge is 2.08. The Labute approximate surface area is 138 Å². The van der Waals surface area contributed by atoms with Crippen molar-refractivity contribution in [1.29, 1.82) is 0 Å². The van der Waals surface area contributed by atoms with Gasteiger partial charge in [-0.2, -0.15) is 0 Å². The van der Waals surface area contributed by atoms with Crippen molar-refractivity contribution in [2.75, 3.05) is 30.9 Å². The molecule has 7 heteroatoms. The number of ether oxygens (including phenoxy) is 1. The van der Waals surface area contributed by atoms with Gasteiger partial charge in [0, 0.05) is 19.1 Å². The number of anilines is 2. The molecule has 1 amide bonds. The van der Waals surface area contributed by atoms with Crippen LogP contribution in [0.2, 0.25) is 10.0 Å². The van der Waals surface area contributed by atoms with Crippen molar-refractivity contribution in [3.63, 3.8) is 0 Å². The van der Waals surface area contributed by atoms with Crippen LogP contribution in [-0.4, -0.2) is 31.6 Å². The van der Waals surface area contributed by atoms with Crippen LogP contribution in [0.3, 0.4) is 0 Å². The van der Waals surface area contributed by atoms with Gasteiger partial charge >= 0.3 is 0 Å². The molecule has 2 rings (SSSR count). The van der Waals surface area contributed by atoms with Crippen LogP contribution in [0.5, 0.6) is 5.75 Å². The predicted octanol–water partition coefficient (Wildman–Crippen LogP) is 3.47. The van der Waals surface area contributed by atoms with E-state index in [0.717, 1.165) is 5.69 Å². The monoisotopic (exact) mass is 339 g/mol. The summed E-state index contributed by atoms with van der Waals surface area (Å²) in [7, 11) is 3.83. The molecule has 0 spiro atoms. The molecule has 1 aromatic heterocycles. The Kier molecular flexibility index (Phi) is 5.46. The summed E-state index contributed by atoms with van der Waals surface area (Å²) in [5.74, 6) is 0.537. The van der Waals surface area contributed by atoms with Gasteiger partial charge in [-0.1, -0.05) is 23.2 Å². The second-order valence-electron chi connectivity index (χ2n) is 4.71. The van der Waals surface area contributed by atoms with Gasteiger partial charge in [-0.15, -0.1) is 0 Å². The third-order valence-electron chi connectivity index (χ3n) is 2.78.